The number of rotatable bonds is 4. The maximum Gasteiger partial charge on any atom is 0.257 e. The van der Waals surface area contributed by atoms with Crippen LogP contribution in [0, 0.1) is 0 Å². The Kier molecular flexibility index (Phi) is 4.83. The van der Waals surface area contributed by atoms with Crippen LogP contribution in [0.15, 0.2) is 18.3 Å². The third-order valence-electron chi connectivity index (χ3n) is 5.19. The highest BCUT2D eigenvalue weighted by atomic mass is 16.6. The zero-order valence-electron chi connectivity index (χ0n) is 16.6. The van der Waals surface area contributed by atoms with E-state index in [0.29, 0.717) is 73.9 Å². The average molecular weight is 410 g/mol. The lowest BCUT2D eigenvalue weighted by molar-refractivity contribution is 0.0298. The molecular weight excluding hydrogens is 388 g/mol. The monoisotopic (exact) mass is 410 g/mol. The van der Waals surface area contributed by atoms with Gasteiger partial charge in [0.15, 0.2) is 17.1 Å². The Hall–Kier alpha value is -3.40. The number of nitrogens with one attached hydrogen (secondary N) is 2. The molecule has 1 aromatic carbocycles. The Labute approximate surface area is 172 Å². The Morgan fingerprint density at radius 2 is 1.93 bits per heavy atom. The molecule has 2 aromatic heterocycles. The molecule has 0 bridgehead atoms. The summed E-state index contributed by atoms with van der Waals surface area (Å²) in [5.74, 6) is 1.27. The van der Waals surface area contributed by atoms with Gasteiger partial charge in [0.25, 0.3) is 5.91 Å². The molecule has 0 saturated carbocycles. The van der Waals surface area contributed by atoms with Gasteiger partial charge < -0.3 is 24.4 Å². The van der Waals surface area contributed by atoms with E-state index in [4.69, 9.17) is 14.2 Å². The van der Waals surface area contributed by atoms with Crippen LogP contribution >= 0.6 is 0 Å². The standard InChI is InChI=1S/C20H22N6O4/c1-2-14-13-11-21-25-18(13)24-20(22-14)23-15-4-3-12(16-17(15)30-10-9-29-16)19(27)26-5-7-28-8-6-26/h3-4,11H,2,5-10H2,1H3,(H2,21,22,23,24,25). The number of carbonyl (C=O) groups is 1. The van der Waals surface area contributed by atoms with Crippen LogP contribution in [0.1, 0.15) is 23.0 Å². The molecule has 4 heterocycles. The fourth-order valence-electron chi connectivity index (χ4n) is 3.68. The van der Waals surface area contributed by atoms with Crippen LogP contribution in [0.5, 0.6) is 11.5 Å². The predicted octanol–water partition coefficient (Wildman–Crippen LogP) is 1.90. The number of amides is 1. The number of ether oxygens (including phenoxy) is 3. The van der Waals surface area contributed by atoms with Crippen LogP contribution in [-0.2, 0) is 11.2 Å². The van der Waals surface area contributed by atoms with Gasteiger partial charge in [0.2, 0.25) is 5.95 Å². The number of H-pyrrole nitrogens is 1. The fourth-order valence-corrected chi connectivity index (χ4v) is 3.68. The molecule has 2 aliphatic heterocycles. The van der Waals surface area contributed by atoms with E-state index in [1.165, 1.54) is 0 Å². The van der Waals surface area contributed by atoms with Gasteiger partial charge in [0, 0.05) is 13.1 Å². The molecule has 0 radical (unpaired) electrons. The number of morpholine rings is 1. The Morgan fingerprint density at radius 1 is 1.13 bits per heavy atom. The number of hydrogen-bond donors (Lipinski definition) is 2. The van der Waals surface area contributed by atoms with E-state index >= 15 is 0 Å². The van der Waals surface area contributed by atoms with Gasteiger partial charge in [0.05, 0.1) is 41.7 Å². The molecule has 156 valence electrons. The van der Waals surface area contributed by atoms with E-state index in [-0.39, 0.29) is 5.91 Å². The van der Waals surface area contributed by atoms with Gasteiger partial charge in [-0.25, -0.2) is 4.98 Å². The van der Waals surface area contributed by atoms with Crippen molar-refractivity contribution >= 4 is 28.6 Å². The van der Waals surface area contributed by atoms with Crippen LogP contribution in [0.25, 0.3) is 11.0 Å². The van der Waals surface area contributed by atoms with Crippen molar-refractivity contribution in [1.82, 2.24) is 25.1 Å². The van der Waals surface area contributed by atoms with Gasteiger partial charge >= 0.3 is 0 Å². The highest BCUT2D eigenvalue weighted by Gasteiger charge is 2.28. The summed E-state index contributed by atoms with van der Waals surface area (Å²) in [6, 6.07) is 3.55. The minimum absolute atomic E-state index is 0.0880. The smallest absolute Gasteiger partial charge is 0.257 e. The van der Waals surface area contributed by atoms with Gasteiger partial charge in [-0.05, 0) is 18.6 Å². The van der Waals surface area contributed by atoms with Crippen molar-refractivity contribution in [3.8, 4) is 11.5 Å². The van der Waals surface area contributed by atoms with Crippen molar-refractivity contribution in [3.63, 3.8) is 0 Å². The van der Waals surface area contributed by atoms with Crippen molar-refractivity contribution < 1.29 is 19.0 Å². The average Bonchev–Trinajstić information content (AvgIpc) is 3.27. The lowest BCUT2D eigenvalue weighted by Gasteiger charge is -2.29. The number of aromatic nitrogens is 4. The van der Waals surface area contributed by atoms with E-state index in [1.807, 2.05) is 6.92 Å². The quantitative estimate of drug-likeness (QED) is 0.670. The number of nitrogens with zero attached hydrogens (tertiary/aromatic N) is 4. The normalized spacial score (nSPS) is 16.0. The number of hydrogen-bond acceptors (Lipinski definition) is 8. The van der Waals surface area contributed by atoms with Gasteiger partial charge in [-0.15, -0.1) is 0 Å². The first-order valence-corrected chi connectivity index (χ1v) is 10.0. The summed E-state index contributed by atoms with van der Waals surface area (Å²) in [6.07, 6.45) is 2.47. The summed E-state index contributed by atoms with van der Waals surface area (Å²) < 4.78 is 17.1. The largest absolute Gasteiger partial charge is 0.485 e. The molecule has 2 aliphatic rings. The first-order chi connectivity index (χ1) is 14.7. The summed E-state index contributed by atoms with van der Waals surface area (Å²) >= 11 is 0. The predicted molar refractivity (Wildman–Crippen MR) is 108 cm³/mol. The lowest BCUT2D eigenvalue weighted by Crippen LogP contribution is -2.41. The topological polar surface area (TPSA) is 114 Å². The third kappa shape index (κ3) is 3.28. The molecule has 10 nitrogen and oxygen atoms in total. The lowest BCUT2D eigenvalue weighted by atomic mass is 10.1. The molecule has 0 atom stereocenters. The summed E-state index contributed by atoms with van der Waals surface area (Å²) in [7, 11) is 0. The van der Waals surface area contributed by atoms with Crippen molar-refractivity contribution in [1.29, 1.82) is 0 Å². The second-order valence-electron chi connectivity index (χ2n) is 7.03. The van der Waals surface area contributed by atoms with Gasteiger partial charge in [0.1, 0.15) is 13.2 Å². The molecule has 5 rings (SSSR count). The minimum Gasteiger partial charge on any atom is -0.485 e. The summed E-state index contributed by atoms with van der Waals surface area (Å²) in [4.78, 5) is 23.9. The highest BCUT2D eigenvalue weighted by molar-refractivity contribution is 5.99. The zero-order valence-corrected chi connectivity index (χ0v) is 16.6. The van der Waals surface area contributed by atoms with Crippen molar-refractivity contribution in [2.75, 3.05) is 44.8 Å². The molecule has 30 heavy (non-hydrogen) atoms. The number of fused-ring (bicyclic) bond motifs is 2. The van der Waals surface area contributed by atoms with Crippen molar-refractivity contribution in [3.05, 3.63) is 29.6 Å². The molecule has 0 aliphatic carbocycles. The van der Waals surface area contributed by atoms with Crippen molar-refractivity contribution in [2.45, 2.75) is 13.3 Å². The molecule has 1 fully saturated rings. The maximum absolute atomic E-state index is 13.0. The SMILES string of the molecule is CCc1nc(Nc2ccc(C(=O)N3CCOCC3)c3c2OCCO3)nc2[nH]ncc12. The molecule has 10 heteroatoms. The summed E-state index contributed by atoms with van der Waals surface area (Å²) in [5.41, 5.74) is 2.68. The molecule has 2 N–H and O–H groups in total. The zero-order chi connectivity index (χ0) is 20.5. The number of anilines is 2. The van der Waals surface area contributed by atoms with Gasteiger partial charge in [-0.1, -0.05) is 6.92 Å². The molecule has 1 saturated heterocycles. The first-order valence-electron chi connectivity index (χ1n) is 10.0. The highest BCUT2D eigenvalue weighted by Crippen LogP contribution is 2.42. The Balaban J connectivity index is 1.50. The minimum atomic E-state index is -0.0880. The van der Waals surface area contributed by atoms with Gasteiger partial charge in [-0.2, -0.15) is 10.1 Å². The molecule has 1 amide bonds. The third-order valence-corrected chi connectivity index (χ3v) is 5.19. The van der Waals surface area contributed by atoms with Crippen LogP contribution in [0.2, 0.25) is 0 Å². The van der Waals surface area contributed by atoms with Crippen LogP contribution in [0.3, 0.4) is 0 Å². The fraction of sp³-hybridized carbons (Fsp3) is 0.400. The van der Waals surface area contributed by atoms with Crippen LogP contribution in [0.4, 0.5) is 11.6 Å². The number of benzene rings is 1. The van der Waals surface area contributed by atoms with E-state index < -0.39 is 0 Å². The number of carbonyl (C=O) groups excluding carboxylic acids is 1. The maximum atomic E-state index is 13.0. The van der Waals surface area contributed by atoms with E-state index in [2.05, 4.69) is 25.5 Å². The van der Waals surface area contributed by atoms with E-state index in [1.54, 1.807) is 23.2 Å². The number of aromatic amines is 1. The molecule has 0 unspecified atom stereocenters. The van der Waals surface area contributed by atoms with E-state index in [9.17, 15) is 4.79 Å². The van der Waals surface area contributed by atoms with Crippen LogP contribution < -0.4 is 14.8 Å². The van der Waals surface area contributed by atoms with Crippen LogP contribution in [-0.4, -0.2) is 70.5 Å². The Morgan fingerprint density at radius 3 is 2.73 bits per heavy atom. The van der Waals surface area contributed by atoms with Crippen molar-refractivity contribution in [2.24, 2.45) is 0 Å². The molecule has 0 spiro atoms. The summed E-state index contributed by atoms with van der Waals surface area (Å²) in [6.45, 7) is 5.02. The molecule has 3 aromatic rings. The Bertz CT molecular complexity index is 1090. The second kappa shape index (κ2) is 7.79. The van der Waals surface area contributed by atoms with Gasteiger partial charge in [-0.3, -0.25) is 9.89 Å². The second-order valence-corrected chi connectivity index (χ2v) is 7.03. The first kappa shape index (κ1) is 18.6. The number of aryl methyl sites for hydroxylation is 1. The molecular formula is C20H22N6O4. The van der Waals surface area contributed by atoms with E-state index in [0.717, 1.165) is 17.5 Å². The summed E-state index contributed by atoms with van der Waals surface area (Å²) in [5, 5.41) is 11.1.